The number of primary amides is 1. The molecule has 0 aromatic carbocycles. The van der Waals surface area contributed by atoms with Crippen molar-refractivity contribution in [3.8, 4) is 0 Å². The molecule has 0 spiro atoms. The van der Waals surface area contributed by atoms with Crippen molar-refractivity contribution >= 4 is 5.91 Å². The van der Waals surface area contributed by atoms with Crippen molar-refractivity contribution in [2.45, 2.75) is 70.0 Å². The molecule has 0 bridgehead atoms. The molecule has 1 aliphatic heterocycles. The molecule has 1 unspecified atom stereocenters. The molecule has 1 heterocycles. The minimum Gasteiger partial charge on any atom is -0.368 e. The lowest BCUT2D eigenvalue weighted by Crippen LogP contribution is -2.60. The first-order valence-corrected chi connectivity index (χ1v) is 7.35. The van der Waals surface area contributed by atoms with Crippen LogP contribution in [-0.2, 0) is 4.79 Å². The zero-order valence-electron chi connectivity index (χ0n) is 11.7. The van der Waals surface area contributed by atoms with Gasteiger partial charge in [0.15, 0.2) is 0 Å². The molecule has 2 aliphatic rings. The Morgan fingerprint density at radius 3 is 2.50 bits per heavy atom. The Morgan fingerprint density at radius 1 is 1.33 bits per heavy atom. The van der Waals surface area contributed by atoms with Gasteiger partial charge in [0.25, 0.3) is 0 Å². The summed E-state index contributed by atoms with van der Waals surface area (Å²) in [4.78, 5) is 14.2. The summed E-state index contributed by atoms with van der Waals surface area (Å²) in [5.41, 5.74) is 5.20. The van der Waals surface area contributed by atoms with Gasteiger partial charge in [-0.05, 0) is 33.1 Å². The second-order valence-corrected chi connectivity index (χ2v) is 6.24. The van der Waals surface area contributed by atoms with E-state index in [1.807, 2.05) is 0 Å². The number of likely N-dealkylation sites (tertiary alicyclic amines) is 1. The predicted octanol–water partition coefficient (Wildman–Crippen LogP) is 1.25. The highest BCUT2D eigenvalue weighted by molar-refractivity contribution is 5.85. The third-order valence-corrected chi connectivity index (χ3v) is 4.59. The predicted molar refractivity (Wildman–Crippen MR) is 73.3 cm³/mol. The number of carbonyl (C=O) groups excluding carboxylic acids is 1. The summed E-state index contributed by atoms with van der Waals surface area (Å²) in [6.45, 7) is 6.10. The molecule has 4 nitrogen and oxygen atoms in total. The highest BCUT2D eigenvalue weighted by Gasteiger charge is 2.44. The number of nitrogens with one attached hydrogen (secondary N) is 1. The molecule has 2 fully saturated rings. The standard InChI is InChI=1S/C14H27N3O/c1-11(2)17-9-8-14(10-17,13(15)18)16-12-6-4-3-5-7-12/h11-12,16H,3-10H2,1-2H3,(H2,15,18). The lowest BCUT2D eigenvalue weighted by Gasteiger charge is -2.34. The van der Waals surface area contributed by atoms with E-state index in [1.165, 1.54) is 32.1 Å². The van der Waals surface area contributed by atoms with Gasteiger partial charge >= 0.3 is 0 Å². The van der Waals surface area contributed by atoms with Crippen molar-refractivity contribution in [1.29, 1.82) is 0 Å². The van der Waals surface area contributed by atoms with Gasteiger partial charge in [0.1, 0.15) is 5.54 Å². The Hall–Kier alpha value is -0.610. The Balaban J connectivity index is 2.01. The summed E-state index contributed by atoms with van der Waals surface area (Å²) < 4.78 is 0. The Bertz CT molecular complexity index is 299. The molecule has 2 rings (SSSR count). The maximum atomic E-state index is 11.9. The largest absolute Gasteiger partial charge is 0.368 e. The van der Waals surface area contributed by atoms with Gasteiger partial charge in [-0.15, -0.1) is 0 Å². The molecule has 0 radical (unpaired) electrons. The van der Waals surface area contributed by atoms with Gasteiger partial charge in [0, 0.05) is 25.2 Å². The fourth-order valence-electron chi connectivity index (χ4n) is 3.31. The topological polar surface area (TPSA) is 58.4 Å². The van der Waals surface area contributed by atoms with E-state index < -0.39 is 5.54 Å². The van der Waals surface area contributed by atoms with Crippen LogP contribution in [-0.4, -0.2) is 41.5 Å². The number of amides is 1. The van der Waals surface area contributed by atoms with E-state index in [9.17, 15) is 4.79 Å². The lowest BCUT2D eigenvalue weighted by atomic mass is 9.90. The van der Waals surface area contributed by atoms with Crippen LogP contribution in [0.1, 0.15) is 52.4 Å². The first kappa shape index (κ1) is 13.8. The van der Waals surface area contributed by atoms with E-state index in [4.69, 9.17) is 5.73 Å². The summed E-state index contributed by atoms with van der Waals surface area (Å²) >= 11 is 0. The van der Waals surface area contributed by atoms with Gasteiger partial charge in [-0.2, -0.15) is 0 Å². The maximum Gasteiger partial charge on any atom is 0.239 e. The van der Waals surface area contributed by atoms with Crippen molar-refractivity contribution < 1.29 is 4.79 Å². The molecule has 1 saturated carbocycles. The van der Waals surface area contributed by atoms with Crippen LogP contribution in [0.4, 0.5) is 0 Å². The normalized spacial score (nSPS) is 31.1. The number of nitrogens with zero attached hydrogens (tertiary/aromatic N) is 1. The van der Waals surface area contributed by atoms with Crippen molar-refractivity contribution in [3.05, 3.63) is 0 Å². The van der Waals surface area contributed by atoms with E-state index in [0.29, 0.717) is 12.1 Å². The van der Waals surface area contributed by atoms with Crippen LogP contribution in [0, 0.1) is 0 Å². The van der Waals surface area contributed by atoms with Gasteiger partial charge in [0.2, 0.25) is 5.91 Å². The van der Waals surface area contributed by atoms with Crippen LogP contribution in [0.5, 0.6) is 0 Å². The smallest absolute Gasteiger partial charge is 0.239 e. The molecular formula is C14H27N3O. The molecule has 4 heteroatoms. The molecule has 3 N–H and O–H groups in total. The molecule has 104 valence electrons. The SMILES string of the molecule is CC(C)N1CCC(NC2CCCCC2)(C(N)=O)C1. The molecule has 0 aromatic rings. The quantitative estimate of drug-likeness (QED) is 0.792. The second kappa shape index (κ2) is 5.57. The molecule has 1 amide bonds. The van der Waals surface area contributed by atoms with Crippen LogP contribution in [0.25, 0.3) is 0 Å². The van der Waals surface area contributed by atoms with Gasteiger partial charge in [-0.25, -0.2) is 0 Å². The van der Waals surface area contributed by atoms with Crippen LogP contribution < -0.4 is 11.1 Å². The van der Waals surface area contributed by atoms with Gasteiger partial charge in [-0.1, -0.05) is 19.3 Å². The van der Waals surface area contributed by atoms with E-state index in [2.05, 4.69) is 24.1 Å². The van der Waals surface area contributed by atoms with Crippen molar-refractivity contribution in [3.63, 3.8) is 0 Å². The highest BCUT2D eigenvalue weighted by Crippen LogP contribution is 2.27. The average molecular weight is 253 g/mol. The summed E-state index contributed by atoms with van der Waals surface area (Å²) in [5, 5.41) is 3.60. The summed E-state index contributed by atoms with van der Waals surface area (Å²) in [6, 6.07) is 0.970. The molecule has 18 heavy (non-hydrogen) atoms. The zero-order valence-corrected chi connectivity index (χ0v) is 11.7. The Morgan fingerprint density at radius 2 is 2.00 bits per heavy atom. The number of carbonyl (C=O) groups is 1. The number of nitrogens with two attached hydrogens (primary N) is 1. The van der Waals surface area contributed by atoms with Crippen molar-refractivity contribution in [2.24, 2.45) is 5.73 Å². The van der Waals surface area contributed by atoms with Gasteiger partial charge < -0.3 is 5.73 Å². The summed E-state index contributed by atoms with van der Waals surface area (Å²) in [5.74, 6) is -0.170. The van der Waals surface area contributed by atoms with Crippen LogP contribution in [0.15, 0.2) is 0 Å². The Labute approximate surface area is 110 Å². The van der Waals surface area contributed by atoms with Crippen molar-refractivity contribution in [2.75, 3.05) is 13.1 Å². The van der Waals surface area contributed by atoms with Gasteiger partial charge in [-0.3, -0.25) is 15.0 Å². The minimum atomic E-state index is -0.480. The second-order valence-electron chi connectivity index (χ2n) is 6.24. The number of hydrogen-bond acceptors (Lipinski definition) is 3. The summed E-state index contributed by atoms with van der Waals surface area (Å²) in [7, 11) is 0. The van der Waals surface area contributed by atoms with Gasteiger partial charge in [0.05, 0.1) is 0 Å². The lowest BCUT2D eigenvalue weighted by molar-refractivity contribution is -0.124. The zero-order chi connectivity index (χ0) is 13.2. The van der Waals surface area contributed by atoms with Crippen LogP contribution >= 0.6 is 0 Å². The highest BCUT2D eigenvalue weighted by atomic mass is 16.1. The molecular weight excluding hydrogens is 226 g/mol. The molecule has 1 aliphatic carbocycles. The monoisotopic (exact) mass is 253 g/mol. The number of hydrogen-bond donors (Lipinski definition) is 2. The van der Waals surface area contributed by atoms with Crippen molar-refractivity contribution in [1.82, 2.24) is 10.2 Å². The van der Waals surface area contributed by atoms with E-state index in [1.54, 1.807) is 0 Å². The minimum absolute atomic E-state index is 0.170. The average Bonchev–Trinajstić information content (AvgIpc) is 2.76. The fourth-order valence-corrected chi connectivity index (χ4v) is 3.31. The third-order valence-electron chi connectivity index (χ3n) is 4.59. The van der Waals surface area contributed by atoms with Crippen LogP contribution in [0.3, 0.4) is 0 Å². The Kier molecular flexibility index (Phi) is 4.28. The van der Waals surface area contributed by atoms with E-state index in [0.717, 1.165) is 19.5 Å². The maximum absolute atomic E-state index is 11.9. The fraction of sp³-hybridized carbons (Fsp3) is 0.929. The van der Waals surface area contributed by atoms with E-state index >= 15 is 0 Å². The molecule has 1 atom stereocenters. The number of rotatable bonds is 4. The molecule has 1 saturated heterocycles. The van der Waals surface area contributed by atoms with Crippen LogP contribution in [0.2, 0.25) is 0 Å². The molecule has 0 aromatic heterocycles. The van der Waals surface area contributed by atoms with E-state index in [-0.39, 0.29) is 5.91 Å². The summed E-state index contributed by atoms with van der Waals surface area (Å²) in [6.07, 6.45) is 7.13. The third kappa shape index (κ3) is 2.86. The first-order valence-electron chi connectivity index (χ1n) is 7.35. The first-order chi connectivity index (χ1) is 8.53.